The van der Waals surface area contributed by atoms with Gasteiger partial charge in [-0.3, -0.25) is 19.1 Å². The van der Waals surface area contributed by atoms with E-state index in [1.54, 1.807) is 29.6 Å². The van der Waals surface area contributed by atoms with Crippen LogP contribution in [-0.4, -0.2) is 58.0 Å². The van der Waals surface area contributed by atoms with Gasteiger partial charge in [-0.1, -0.05) is 6.07 Å². The fraction of sp³-hybridized carbons (Fsp3) is 0.333. The van der Waals surface area contributed by atoms with E-state index in [2.05, 4.69) is 15.4 Å². The number of aromatic amines is 1. The summed E-state index contributed by atoms with van der Waals surface area (Å²) in [5.41, 5.74) is 6.03. The van der Waals surface area contributed by atoms with Crippen molar-refractivity contribution in [2.75, 3.05) is 25.5 Å². The number of carbonyl (C=O) groups excluding carboxylic acids is 3. The second-order valence-corrected chi connectivity index (χ2v) is 8.31. The topological polar surface area (TPSA) is 109 Å². The third-order valence-electron chi connectivity index (χ3n) is 5.88. The molecule has 2 N–H and O–H groups in total. The molecule has 1 aliphatic heterocycles. The maximum Gasteiger partial charge on any atom is 0.255 e. The SMILES string of the molecule is Cc1cc(C(=O)N(C)CCCOc2nn(C)c(C)c2-c2ccc3c(c2)CC(=O)N3)c(C=O)[nH]1. The van der Waals surface area contributed by atoms with Crippen LogP contribution in [0, 0.1) is 13.8 Å². The molecule has 0 saturated heterocycles. The Morgan fingerprint density at radius 2 is 2.09 bits per heavy atom. The average Bonchev–Trinajstić information content (AvgIpc) is 3.43. The Bertz CT molecular complexity index is 1240. The number of hydrogen-bond donors (Lipinski definition) is 2. The van der Waals surface area contributed by atoms with Crippen LogP contribution in [0.5, 0.6) is 5.88 Å². The third kappa shape index (κ3) is 4.39. The molecule has 1 aromatic carbocycles. The average molecular weight is 450 g/mol. The van der Waals surface area contributed by atoms with E-state index in [1.165, 1.54) is 0 Å². The summed E-state index contributed by atoms with van der Waals surface area (Å²) >= 11 is 0. The van der Waals surface area contributed by atoms with E-state index in [0.717, 1.165) is 33.8 Å². The van der Waals surface area contributed by atoms with Crippen molar-refractivity contribution in [3.05, 3.63) is 52.5 Å². The summed E-state index contributed by atoms with van der Waals surface area (Å²) in [6.07, 6.45) is 1.62. The van der Waals surface area contributed by atoms with E-state index in [0.29, 0.717) is 49.4 Å². The number of nitrogens with one attached hydrogen (secondary N) is 2. The molecule has 0 bridgehead atoms. The van der Waals surface area contributed by atoms with Crippen LogP contribution in [0.2, 0.25) is 0 Å². The highest BCUT2D eigenvalue weighted by atomic mass is 16.5. The fourth-order valence-corrected chi connectivity index (χ4v) is 4.05. The van der Waals surface area contributed by atoms with Crippen molar-refractivity contribution in [2.45, 2.75) is 26.7 Å². The number of ether oxygens (including phenoxy) is 1. The number of fused-ring (bicyclic) bond motifs is 1. The van der Waals surface area contributed by atoms with Gasteiger partial charge in [-0.15, -0.1) is 5.10 Å². The van der Waals surface area contributed by atoms with Gasteiger partial charge in [0.25, 0.3) is 5.91 Å². The number of aryl methyl sites for hydroxylation is 2. The summed E-state index contributed by atoms with van der Waals surface area (Å²) in [4.78, 5) is 40.0. The molecule has 2 aromatic heterocycles. The second kappa shape index (κ2) is 8.93. The molecular weight excluding hydrogens is 422 g/mol. The van der Waals surface area contributed by atoms with Crippen LogP contribution in [0.15, 0.2) is 24.3 Å². The lowest BCUT2D eigenvalue weighted by atomic mass is 10.0. The molecule has 1 aliphatic rings. The quantitative estimate of drug-likeness (QED) is 0.406. The number of aromatic nitrogens is 3. The lowest BCUT2D eigenvalue weighted by Crippen LogP contribution is -2.29. The highest BCUT2D eigenvalue weighted by Crippen LogP contribution is 2.36. The van der Waals surface area contributed by atoms with Crippen LogP contribution in [0.1, 0.15) is 44.2 Å². The van der Waals surface area contributed by atoms with E-state index in [-0.39, 0.29) is 11.8 Å². The van der Waals surface area contributed by atoms with Gasteiger partial charge >= 0.3 is 0 Å². The second-order valence-electron chi connectivity index (χ2n) is 8.31. The minimum Gasteiger partial charge on any atom is -0.476 e. The highest BCUT2D eigenvalue weighted by Gasteiger charge is 2.22. The molecule has 9 heteroatoms. The van der Waals surface area contributed by atoms with E-state index in [9.17, 15) is 14.4 Å². The zero-order valence-corrected chi connectivity index (χ0v) is 19.2. The molecule has 0 spiro atoms. The zero-order valence-electron chi connectivity index (χ0n) is 19.2. The summed E-state index contributed by atoms with van der Waals surface area (Å²) in [7, 11) is 3.57. The minimum atomic E-state index is -0.211. The van der Waals surface area contributed by atoms with Crippen LogP contribution < -0.4 is 10.1 Å². The summed E-state index contributed by atoms with van der Waals surface area (Å²) < 4.78 is 7.77. The van der Waals surface area contributed by atoms with Gasteiger partial charge in [-0.2, -0.15) is 0 Å². The normalized spacial score (nSPS) is 12.4. The zero-order chi connectivity index (χ0) is 23.7. The summed E-state index contributed by atoms with van der Waals surface area (Å²) in [6, 6.07) is 7.54. The van der Waals surface area contributed by atoms with Crippen LogP contribution in [-0.2, 0) is 18.3 Å². The number of carbonyl (C=O) groups is 3. The summed E-state index contributed by atoms with van der Waals surface area (Å²) in [6.45, 7) is 4.62. The van der Waals surface area contributed by atoms with E-state index >= 15 is 0 Å². The van der Waals surface area contributed by atoms with E-state index in [1.807, 2.05) is 32.2 Å². The van der Waals surface area contributed by atoms with Crippen molar-refractivity contribution < 1.29 is 19.1 Å². The predicted molar refractivity (Wildman–Crippen MR) is 124 cm³/mol. The first-order valence-corrected chi connectivity index (χ1v) is 10.8. The number of rotatable bonds is 8. The Balaban J connectivity index is 1.41. The Labute approximate surface area is 191 Å². The van der Waals surface area contributed by atoms with Crippen LogP contribution >= 0.6 is 0 Å². The number of anilines is 1. The number of aldehydes is 1. The Morgan fingerprint density at radius 1 is 1.30 bits per heavy atom. The van der Waals surface area contributed by atoms with Crippen molar-refractivity contribution in [1.82, 2.24) is 19.7 Å². The van der Waals surface area contributed by atoms with Crippen molar-refractivity contribution in [3.63, 3.8) is 0 Å². The molecule has 3 aromatic rings. The molecule has 3 heterocycles. The Morgan fingerprint density at radius 3 is 2.85 bits per heavy atom. The number of amides is 2. The van der Waals surface area contributed by atoms with Gasteiger partial charge < -0.3 is 19.9 Å². The molecule has 4 rings (SSSR count). The third-order valence-corrected chi connectivity index (χ3v) is 5.88. The molecule has 9 nitrogen and oxygen atoms in total. The van der Waals surface area contributed by atoms with E-state index in [4.69, 9.17) is 4.74 Å². The maximum absolute atomic E-state index is 12.7. The van der Waals surface area contributed by atoms with Gasteiger partial charge in [-0.05, 0) is 49.6 Å². The summed E-state index contributed by atoms with van der Waals surface area (Å²) in [5, 5.41) is 7.36. The standard InChI is InChI=1S/C24H27N5O4/c1-14-10-18(20(13-30)25-14)24(32)28(3)8-5-9-33-23-22(15(2)29(4)27-23)16-6-7-19-17(11-16)12-21(31)26-19/h6-7,10-11,13,25H,5,8-9,12H2,1-4H3,(H,26,31). The number of H-pyrrole nitrogens is 1. The Kier molecular flexibility index (Phi) is 6.04. The van der Waals surface area contributed by atoms with Gasteiger partial charge in [0.2, 0.25) is 11.8 Å². The number of benzene rings is 1. The molecule has 0 aliphatic carbocycles. The van der Waals surface area contributed by atoms with Gasteiger partial charge in [-0.25, -0.2) is 0 Å². The van der Waals surface area contributed by atoms with E-state index < -0.39 is 0 Å². The van der Waals surface area contributed by atoms with Crippen molar-refractivity contribution in [3.8, 4) is 17.0 Å². The number of hydrogen-bond acceptors (Lipinski definition) is 5. The molecule has 172 valence electrons. The van der Waals surface area contributed by atoms with Crippen molar-refractivity contribution in [2.24, 2.45) is 7.05 Å². The molecule has 0 saturated carbocycles. The molecule has 0 atom stereocenters. The lowest BCUT2D eigenvalue weighted by Gasteiger charge is -2.17. The molecular formula is C24H27N5O4. The minimum absolute atomic E-state index is 0.00439. The van der Waals surface area contributed by atoms with Crippen LogP contribution in [0.4, 0.5) is 5.69 Å². The molecule has 0 unspecified atom stereocenters. The van der Waals surface area contributed by atoms with Gasteiger partial charge in [0.15, 0.2) is 6.29 Å². The fourth-order valence-electron chi connectivity index (χ4n) is 4.05. The largest absolute Gasteiger partial charge is 0.476 e. The highest BCUT2D eigenvalue weighted by molar-refractivity contribution is 6.01. The predicted octanol–water partition coefficient (Wildman–Crippen LogP) is 2.88. The smallest absolute Gasteiger partial charge is 0.255 e. The first-order valence-electron chi connectivity index (χ1n) is 10.8. The molecule has 2 amide bonds. The van der Waals surface area contributed by atoms with Gasteiger partial charge in [0.05, 0.1) is 29.8 Å². The lowest BCUT2D eigenvalue weighted by molar-refractivity contribution is -0.115. The van der Waals surface area contributed by atoms with Gasteiger partial charge in [0.1, 0.15) is 0 Å². The Hall–Kier alpha value is -3.88. The molecule has 0 radical (unpaired) electrons. The monoisotopic (exact) mass is 449 g/mol. The molecule has 0 fully saturated rings. The number of nitrogens with zero attached hydrogens (tertiary/aromatic N) is 3. The van der Waals surface area contributed by atoms with Crippen molar-refractivity contribution >= 4 is 23.8 Å². The first kappa shape index (κ1) is 22.3. The van der Waals surface area contributed by atoms with Crippen LogP contribution in [0.3, 0.4) is 0 Å². The summed E-state index contributed by atoms with van der Waals surface area (Å²) in [5.74, 6) is 0.304. The first-order chi connectivity index (χ1) is 15.8. The maximum atomic E-state index is 12.7. The van der Waals surface area contributed by atoms with Crippen LogP contribution in [0.25, 0.3) is 11.1 Å². The molecule has 33 heavy (non-hydrogen) atoms. The van der Waals surface area contributed by atoms with Gasteiger partial charge in [0, 0.05) is 37.7 Å². The van der Waals surface area contributed by atoms with Crippen molar-refractivity contribution in [1.29, 1.82) is 0 Å².